The van der Waals surface area contributed by atoms with Gasteiger partial charge in [0.15, 0.2) is 0 Å². The van der Waals surface area contributed by atoms with Crippen LogP contribution >= 0.6 is 0 Å². The molecule has 1 aromatic carbocycles. The van der Waals surface area contributed by atoms with Crippen molar-refractivity contribution in [2.75, 3.05) is 0 Å². The summed E-state index contributed by atoms with van der Waals surface area (Å²) in [6.45, 7) is 6.20. The van der Waals surface area contributed by atoms with Gasteiger partial charge in [-0.2, -0.15) is 5.26 Å². The number of furan rings is 1. The normalized spacial score (nSPS) is 10.9. The fourth-order valence-corrected chi connectivity index (χ4v) is 1.89. The van der Waals surface area contributed by atoms with E-state index in [9.17, 15) is 0 Å². The van der Waals surface area contributed by atoms with Crippen LogP contribution in [-0.4, -0.2) is 0 Å². The van der Waals surface area contributed by atoms with Crippen molar-refractivity contribution in [2.45, 2.75) is 26.7 Å². The molecule has 0 atom stereocenters. The number of nitrogens with zero attached hydrogens (tertiary/aromatic N) is 1. The topological polar surface area (TPSA) is 36.9 Å². The minimum Gasteiger partial charge on any atom is -0.445 e. The zero-order chi connectivity index (χ0) is 11.0. The lowest BCUT2D eigenvalue weighted by atomic mass is 9.99. The van der Waals surface area contributed by atoms with Gasteiger partial charge in [-0.15, -0.1) is 0 Å². The molecule has 1 aromatic heterocycles. The van der Waals surface area contributed by atoms with E-state index in [-0.39, 0.29) is 0 Å². The Morgan fingerprint density at radius 3 is 2.67 bits per heavy atom. The van der Waals surface area contributed by atoms with Gasteiger partial charge in [-0.25, -0.2) is 0 Å². The lowest BCUT2D eigenvalue weighted by molar-refractivity contribution is 0.589. The summed E-state index contributed by atoms with van der Waals surface area (Å²) in [5.41, 5.74) is 3.02. The largest absolute Gasteiger partial charge is 0.445 e. The van der Waals surface area contributed by atoms with Crippen molar-refractivity contribution in [3.8, 4) is 6.07 Å². The van der Waals surface area contributed by atoms with E-state index in [1.165, 1.54) is 5.56 Å². The Kier molecular flexibility index (Phi) is 2.24. The zero-order valence-corrected chi connectivity index (χ0v) is 9.16. The fraction of sp³-hybridized carbons (Fsp3) is 0.308. The first-order valence-electron chi connectivity index (χ1n) is 5.06. The van der Waals surface area contributed by atoms with Crippen LogP contribution in [0.3, 0.4) is 0 Å². The molecule has 0 saturated heterocycles. The summed E-state index contributed by atoms with van der Waals surface area (Å²) in [5.74, 6) is 0.758. The third-order valence-electron chi connectivity index (χ3n) is 2.56. The Labute approximate surface area is 89.1 Å². The van der Waals surface area contributed by atoms with E-state index >= 15 is 0 Å². The molecule has 2 rings (SSSR count). The van der Waals surface area contributed by atoms with Crippen molar-refractivity contribution < 1.29 is 4.42 Å². The molecule has 1 heterocycles. The molecule has 0 aliphatic rings. The molecule has 0 aliphatic heterocycles. The van der Waals surface area contributed by atoms with E-state index < -0.39 is 0 Å². The van der Waals surface area contributed by atoms with Crippen LogP contribution in [0.25, 0.3) is 11.0 Å². The summed E-state index contributed by atoms with van der Waals surface area (Å²) in [6.07, 6.45) is 0. The van der Waals surface area contributed by atoms with Gasteiger partial charge >= 0.3 is 0 Å². The molecule has 0 unspecified atom stereocenters. The number of hydrogen-bond donors (Lipinski definition) is 0. The molecular weight excluding hydrogens is 186 g/mol. The van der Waals surface area contributed by atoms with Gasteiger partial charge in [0, 0.05) is 10.9 Å². The predicted octanol–water partition coefficient (Wildman–Crippen LogP) is 3.74. The van der Waals surface area contributed by atoms with Gasteiger partial charge in [0.2, 0.25) is 5.76 Å². The second kappa shape index (κ2) is 3.43. The number of hydrogen-bond acceptors (Lipinski definition) is 2. The summed E-state index contributed by atoms with van der Waals surface area (Å²) in [7, 11) is 0. The Balaban J connectivity index is 2.84. The molecule has 0 saturated carbocycles. The number of benzene rings is 1. The average molecular weight is 199 g/mol. The van der Waals surface area contributed by atoms with E-state index in [0.717, 1.165) is 16.5 Å². The zero-order valence-electron chi connectivity index (χ0n) is 9.16. The summed E-state index contributed by atoms with van der Waals surface area (Å²) in [5, 5.41) is 10.1. The molecular formula is C13H13NO. The molecule has 2 heteroatoms. The van der Waals surface area contributed by atoms with Crippen molar-refractivity contribution in [2.24, 2.45) is 0 Å². The van der Waals surface area contributed by atoms with Gasteiger partial charge in [0.05, 0.1) is 0 Å². The maximum absolute atomic E-state index is 8.99. The predicted molar refractivity (Wildman–Crippen MR) is 59.8 cm³/mol. The highest BCUT2D eigenvalue weighted by Gasteiger charge is 2.16. The van der Waals surface area contributed by atoms with Gasteiger partial charge in [0.25, 0.3) is 0 Å². The van der Waals surface area contributed by atoms with Crippen molar-refractivity contribution in [3.63, 3.8) is 0 Å². The standard InChI is InChI=1S/C13H13NO/c1-8(2)13-10-6-9(3)4-5-11(10)15-12(13)7-14/h4-6,8H,1-3H3. The van der Waals surface area contributed by atoms with Crippen LogP contribution in [0.2, 0.25) is 0 Å². The Morgan fingerprint density at radius 1 is 1.33 bits per heavy atom. The summed E-state index contributed by atoms with van der Waals surface area (Å²) >= 11 is 0. The van der Waals surface area contributed by atoms with Crippen molar-refractivity contribution in [1.82, 2.24) is 0 Å². The lowest BCUT2D eigenvalue weighted by Gasteiger charge is -2.02. The SMILES string of the molecule is Cc1ccc2oc(C#N)c(C(C)C)c2c1. The molecule has 0 radical (unpaired) electrons. The molecule has 0 aliphatic carbocycles. The fourth-order valence-electron chi connectivity index (χ4n) is 1.89. The summed E-state index contributed by atoms with van der Waals surface area (Å²) in [6, 6.07) is 8.12. The Bertz CT molecular complexity index is 543. The van der Waals surface area contributed by atoms with Crippen LogP contribution in [0.5, 0.6) is 0 Å². The highest BCUT2D eigenvalue weighted by Crippen LogP contribution is 2.31. The molecule has 2 aromatic rings. The van der Waals surface area contributed by atoms with Crippen LogP contribution in [0.4, 0.5) is 0 Å². The number of fused-ring (bicyclic) bond motifs is 1. The monoisotopic (exact) mass is 199 g/mol. The number of rotatable bonds is 1. The third-order valence-corrected chi connectivity index (χ3v) is 2.56. The first-order valence-corrected chi connectivity index (χ1v) is 5.06. The van der Waals surface area contributed by atoms with E-state index in [2.05, 4.69) is 26.0 Å². The number of nitriles is 1. The van der Waals surface area contributed by atoms with Crippen molar-refractivity contribution in [3.05, 3.63) is 35.1 Å². The van der Waals surface area contributed by atoms with Crippen molar-refractivity contribution >= 4 is 11.0 Å². The van der Waals surface area contributed by atoms with Gasteiger partial charge < -0.3 is 4.42 Å². The quantitative estimate of drug-likeness (QED) is 0.701. The molecule has 2 nitrogen and oxygen atoms in total. The van der Waals surface area contributed by atoms with Crippen LogP contribution in [0.15, 0.2) is 22.6 Å². The highest BCUT2D eigenvalue weighted by molar-refractivity contribution is 5.84. The minimum atomic E-state index is 0.308. The molecule has 0 fully saturated rings. The first-order chi connectivity index (χ1) is 7.13. The maximum atomic E-state index is 8.99. The second-order valence-electron chi connectivity index (χ2n) is 4.11. The molecule has 0 spiro atoms. The molecule has 15 heavy (non-hydrogen) atoms. The van der Waals surface area contributed by atoms with Crippen LogP contribution in [0.1, 0.15) is 36.7 Å². The van der Waals surface area contributed by atoms with Gasteiger partial charge in [-0.3, -0.25) is 0 Å². The molecule has 0 N–H and O–H groups in total. The first kappa shape index (κ1) is 9.79. The van der Waals surface area contributed by atoms with Crippen molar-refractivity contribution in [1.29, 1.82) is 5.26 Å². The van der Waals surface area contributed by atoms with E-state index in [4.69, 9.17) is 9.68 Å². The lowest BCUT2D eigenvalue weighted by Crippen LogP contribution is -1.88. The average Bonchev–Trinajstić information content (AvgIpc) is 2.55. The minimum absolute atomic E-state index is 0.308. The Morgan fingerprint density at radius 2 is 2.07 bits per heavy atom. The van der Waals surface area contributed by atoms with Gasteiger partial charge in [-0.1, -0.05) is 25.5 Å². The van der Waals surface area contributed by atoms with Gasteiger partial charge in [-0.05, 0) is 25.0 Å². The van der Waals surface area contributed by atoms with Crippen LogP contribution in [0, 0.1) is 18.3 Å². The second-order valence-corrected chi connectivity index (χ2v) is 4.11. The van der Waals surface area contributed by atoms with Crippen LogP contribution < -0.4 is 0 Å². The summed E-state index contributed by atoms with van der Waals surface area (Å²) < 4.78 is 5.50. The third kappa shape index (κ3) is 1.50. The number of aryl methyl sites for hydroxylation is 1. The van der Waals surface area contributed by atoms with E-state index in [1.54, 1.807) is 0 Å². The van der Waals surface area contributed by atoms with E-state index in [0.29, 0.717) is 11.7 Å². The smallest absolute Gasteiger partial charge is 0.208 e. The summed E-state index contributed by atoms with van der Waals surface area (Å²) in [4.78, 5) is 0. The molecule has 76 valence electrons. The maximum Gasteiger partial charge on any atom is 0.208 e. The molecule has 0 amide bonds. The van der Waals surface area contributed by atoms with Gasteiger partial charge in [0.1, 0.15) is 11.7 Å². The highest BCUT2D eigenvalue weighted by atomic mass is 16.3. The Hall–Kier alpha value is -1.75. The van der Waals surface area contributed by atoms with E-state index in [1.807, 2.05) is 19.1 Å². The van der Waals surface area contributed by atoms with Crippen LogP contribution in [-0.2, 0) is 0 Å². The molecule has 0 bridgehead atoms.